The Kier molecular flexibility index (Phi) is 5.16. The Balaban J connectivity index is 1.88. The molecule has 0 aliphatic heterocycles. The van der Waals surface area contributed by atoms with Gasteiger partial charge in [-0.2, -0.15) is 0 Å². The average Bonchev–Trinajstić information content (AvgIpc) is 2.48. The van der Waals surface area contributed by atoms with Crippen LogP contribution in [0.25, 0.3) is 0 Å². The molecule has 0 unspecified atom stereocenters. The number of para-hydroxylation sites is 1. The number of aromatic nitrogens is 2. The van der Waals surface area contributed by atoms with E-state index in [4.69, 9.17) is 4.74 Å². The van der Waals surface area contributed by atoms with E-state index in [1.54, 1.807) is 31.1 Å². The van der Waals surface area contributed by atoms with Crippen molar-refractivity contribution in [2.75, 3.05) is 36.1 Å². The molecule has 22 heavy (non-hydrogen) atoms. The largest absolute Gasteiger partial charge is 0.492 e. The van der Waals surface area contributed by atoms with Crippen LogP contribution in [0.1, 0.15) is 0 Å². The number of hydrogen-bond acceptors (Lipinski definition) is 6. The minimum absolute atomic E-state index is 0.0655. The van der Waals surface area contributed by atoms with E-state index in [-0.39, 0.29) is 12.4 Å². The van der Waals surface area contributed by atoms with Crippen molar-refractivity contribution in [3.05, 3.63) is 42.7 Å². The summed E-state index contributed by atoms with van der Waals surface area (Å²) in [5.41, 5.74) is 0.324. The maximum absolute atomic E-state index is 12.0. The Hall–Kier alpha value is -2.35. The van der Waals surface area contributed by atoms with Crippen molar-refractivity contribution < 1.29 is 13.2 Å². The summed E-state index contributed by atoms with van der Waals surface area (Å²) in [6, 6.07) is 9.06. The summed E-state index contributed by atoms with van der Waals surface area (Å²) < 4.78 is 31.7. The quantitative estimate of drug-likeness (QED) is 0.828. The minimum Gasteiger partial charge on any atom is -0.492 e. The van der Waals surface area contributed by atoms with Crippen LogP contribution in [-0.4, -0.2) is 44.8 Å². The summed E-state index contributed by atoms with van der Waals surface area (Å²) in [4.78, 5) is 9.82. The third-order valence-corrected chi connectivity index (χ3v) is 3.93. The van der Waals surface area contributed by atoms with E-state index in [0.717, 1.165) is 0 Å². The number of rotatable bonds is 7. The van der Waals surface area contributed by atoms with Crippen LogP contribution in [0.2, 0.25) is 0 Å². The first-order valence-electron chi connectivity index (χ1n) is 6.64. The van der Waals surface area contributed by atoms with Crippen molar-refractivity contribution in [2.45, 2.75) is 0 Å². The zero-order valence-electron chi connectivity index (χ0n) is 12.4. The molecular formula is C14H18N4O3S. The predicted octanol–water partition coefficient (Wildman–Crippen LogP) is 1.36. The van der Waals surface area contributed by atoms with E-state index in [1.807, 2.05) is 18.2 Å². The highest BCUT2D eigenvalue weighted by Crippen LogP contribution is 2.11. The van der Waals surface area contributed by atoms with E-state index in [9.17, 15) is 8.42 Å². The number of ether oxygens (including phenoxy) is 1. The smallest absolute Gasteiger partial charge is 0.236 e. The van der Waals surface area contributed by atoms with E-state index < -0.39 is 10.0 Å². The second-order valence-corrected chi connectivity index (χ2v) is 6.59. The van der Waals surface area contributed by atoms with Crippen LogP contribution in [0.4, 0.5) is 11.6 Å². The van der Waals surface area contributed by atoms with Gasteiger partial charge in [-0.05, 0) is 12.1 Å². The lowest BCUT2D eigenvalue weighted by Crippen LogP contribution is -2.21. The molecule has 0 saturated carbocycles. The van der Waals surface area contributed by atoms with E-state index in [0.29, 0.717) is 17.4 Å². The van der Waals surface area contributed by atoms with Gasteiger partial charge < -0.3 is 9.64 Å². The van der Waals surface area contributed by atoms with Gasteiger partial charge in [-0.25, -0.2) is 18.4 Å². The summed E-state index contributed by atoms with van der Waals surface area (Å²) in [6.45, 7) is 0.0655. The molecule has 7 nitrogen and oxygen atoms in total. The zero-order valence-corrected chi connectivity index (χ0v) is 13.2. The molecule has 0 amide bonds. The molecule has 0 fully saturated rings. The maximum atomic E-state index is 12.0. The van der Waals surface area contributed by atoms with Crippen molar-refractivity contribution >= 4 is 21.7 Å². The van der Waals surface area contributed by atoms with E-state index in [2.05, 4.69) is 14.7 Å². The van der Waals surface area contributed by atoms with Crippen LogP contribution in [0, 0.1) is 0 Å². The minimum atomic E-state index is -3.51. The Morgan fingerprint density at radius 2 is 1.77 bits per heavy atom. The molecule has 1 N–H and O–H groups in total. The van der Waals surface area contributed by atoms with Crippen LogP contribution in [0.5, 0.6) is 5.75 Å². The Morgan fingerprint density at radius 1 is 1.14 bits per heavy atom. The maximum Gasteiger partial charge on any atom is 0.236 e. The fraction of sp³-hybridized carbons (Fsp3) is 0.286. The molecule has 2 aromatic rings. The number of benzene rings is 1. The SMILES string of the molecule is CN(C)c1ncc(NS(=O)(=O)CCOc2ccccc2)cn1. The zero-order chi connectivity index (χ0) is 16.0. The highest BCUT2D eigenvalue weighted by Gasteiger charge is 2.11. The topological polar surface area (TPSA) is 84.4 Å². The highest BCUT2D eigenvalue weighted by molar-refractivity contribution is 7.92. The standard InChI is InChI=1S/C14H18N4O3S/c1-18(2)14-15-10-12(11-16-14)17-22(19,20)9-8-21-13-6-4-3-5-7-13/h3-7,10-11,17H,8-9H2,1-2H3. The molecule has 0 aliphatic carbocycles. The molecule has 0 radical (unpaired) electrons. The van der Waals surface area contributed by atoms with Gasteiger partial charge in [-0.15, -0.1) is 0 Å². The lowest BCUT2D eigenvalue weighted by atomic mass is 10.3. The van der Waals surface area contributed by atoms with Gasteiger partial charge in [0.2, 0.25) is 16.0 Å². The van der Waals surface area contributed by atoms with Crippen LogP contribution in [-0.2, 0) is 10.0 Å². The van der Waals surface area contributed by atoms with Crippen LogP contribution >= 0.6 is 0 Å². The number of nitrogens with zero attached hydrogens (tertiary/aromatic N) is 3. The third-order valence-electron chi connectivity index (χ3n) is 2.68. The predicted molar refractivity (Wildman–Crippen MR) is 85.7 cm³/mol. The molecule has 2 rings (SSSR count). The second-order valence-electron chi connectivity index (χ2n) is 4.75. The van der Waals surface area contributed by atoms with E-state index in [1.165, 1.54) is 12.4 Å². The monoisotopic (exact) mass is 322 g/mol. The van der Waals surface area contributed by atoms with Crippen molar-refractivity contribution in [3.63, 3.8) is 0 Å². The lowest BCUT2D eigenvalue weighted by Gasteiger charge is -2.11. The highest BCUT2D eigenvalue weighted by atomic mass is 32.2. The van der Waals surface area contributed by atoms with Gasteiger partial charge in [-0.1, -0.05) is 18.2 Å². The molecule has 1 heterocycles. The Labute approximate surface area is 130 Å². The molecule has 8 heteroatoms. The molecule has 1 aromatic heterocycles. The molecule has 118 valence electrons. The first-order chi connectivity index (χ1) is 10.5. The van der Waals surface area contributed by atoms with E-state index >= 15 is 0 Å². The third kappa shape index (κ3) is 4.88. The average molecular weight is 322 g/mol. The second kappa shape index (κ2) is 7.08. The van der Waals surface area contributed by atoms with Gasteiger partial charge in [0.25, 0.3) is 0 Å². The van der Waals surface area contributed by atoms with Gasteiger partial charge in [0, 0.05) is 14.1 Å². The molecule has 0 aliphatic rings. The van der Waals surface area contributed by atoms with Gasteiger partial charge in [0.05, 0.1) is 18.1 Å². The van der Waals surface area contributed by atoms with Crippen molar-refractivity contribution in [3.8, 4) is 5.75 Å². The summed E-state index contributed by atoms with van der Waals surface area (Å²) in [5, 5.41) is 0. The van der Waals surface area contributed by atoms with Crippen LogP contribution < -0.4 is 14.4 Å². The van der Waals surface area contributed by atoms with Gasteiger partial charge >= 0.3 is 0 Å². The van der Waals surface area contributed by atoms with Crippen molar-refractivity contribution in [1.29, 1.82) is 0 Å². The molecule has 0 spiro atoms. The molecule has 0 saturated heterocycles. The van der Waals surface area contributed by atoms with Crippen molar-refractivity contribution in [1.82, 2.24) is 9.97 Å². The molecule has 0 atom stereocenters. The number of sulfonamides is 1. The van der Waals surface area contributed by atoms with Crippen molar-refractivity contribution in [2.24, 2.45) is 0 Å². The lowest BCUT2D eigenvalue weighted by molar-refractivity contribution is 0.341. The number of hydrogen-bond donors (Lipinski definition) is 1. The molecule has 1 aromatic carbocycles. The summed E-state index contributed by atoms with van der Waals surface area (Å²) in [7, 11) is 0.105. The summed E-state index contributed by atoms with van der Waals surface area (Å²) in [5.74, 6) is 0.990. The van der Waals surface area contributed by atoms with Gasteiger partial charge in [0.15, 0.2) is 0 Å². The fourth-order valence-corrected chi connectivity index (χ4v) is 2.49. The summed E-state index contributed by atoms with van der Waals surface area (Å²) in [6.07, 6.45) is 2.86. The molecular weight excluding hydrogens is 304 g/mol. The van der Waals surface area contributed by atoms with Gasteiger partial charge in [0.1, 0.15) is 18.1 Å². The Bertz CT molecular complexity index is 688. The Morgan fingerprint density at radius 3 is 2.36 bits per heavy atom. The molecule has 0 bridgehead atoms. The summed E-state index contributed by atoms with van der Waals surface area (Å²) >= 11 is 0. The number of nitrogens with one attached hydrogen (secondary N) is 1. The first-order valence-corrected chi connectivity index (χ1v) is 8.29. The fourth-order valence-electron chi connectivity index (χ4n) is 1.62. The van der Waals surface area contributed by atoms with Crippen LogP contribution in [0.15, 0.2) is 42.7 Å². The first kappa shape index (κ1) is 16.0. The number of anilines is 2. The normalized spacial score (nSPS) is 11.0. The van der Waals surface area contributed by atoms with Gasteiger partial charge in [-0.3, -0.25) is 4.72 Å². The van der Waals surface area contributed by atoms with Crippen LogP contribution in [0.3, 0.4) is 0 Å².